The number of nitrogens with two attached hydrogens (primary N) is 1. The van der Waals surface area contributed by atoms with E-state index in [2.05, 4.69) is 6.92 Å². The maximum atomic E-state index is 12.3. The minimum absolute atomic E-state index is 0. The molecule has 2 rings (SSSR count). The average Bonchev–Trinajstić information content (AvgIpc) is 2.87. The highest BCUT2D eigenvalue weighted by Gasteiger charge is 2.25. The molecule has 1 aliphatic rings. The van der Waals surface area contributed by atoms with Crippen LogP contribution in [-0.4, -0.2) is 23.4 Å². The predicted molar refractivity (Wildman–Crippen MR) is 81.4 cm³/mol. The molecule has 0 aliphatic heterocycles. The fraction of sp³-hybridized carbons (Fsp3) is 0.533. The van der Waals surface area contributed by atoms with Gasteiger partial charge in [-0.15, -0.1) is 12.4 Å². The number of benzene rings is 1. The smallest absolute Gasteiger partial charge is 0.227 e. The lowest BCUT2D eigenvalue weighted by Crippen LogP contribution is -2.39. The van der Waals surface area contributed by atoms with Gasteiger partial charge >= 0.3 is 0 Å². The van der Waals surface area contributed by atoms with Crippen LogP contribution in [0, 0.1) is 0 Å². The van der Waals surface area contributed by atoms with Gasteiger partial charge in [-0.05, 0) is 37.5 Å². The van der Waals surface area contributed by atoms with Crippen LogP contribution in [-0.2, 0) is 11.2 Å². The maximum Gasteiger partial charge on any atom is 0.227 e. The van der Waals surface area contributed by atoms with E-state index in [9.17, 15) is 4.79 Å². The molecule has 1 amide bonds. The SMILES string of the molecule is CCN(C(=O)Cc1ccc(N)cc1)C1CCCC1.Cl. The van der Waals surface area contributed by atoms with Crippen LogP contribution in [0.15, 0.2) is 24.3 Å². The van der Waals surface area contributed by atoms with Crippen molar-refractivity contribution in [2.45, 2.75) is 45.1 Å². The number of halogens is 1. The van der Waals surface area contributed by atoms with Gasteiger partial charge in [0.2, 0.25) is 5.91 Å². The lowest BCUT2D eigenvalue weighted by atomic mass is 10.1. The molecule has 1 fully saturated rings. The summed E-state index contributed by atoms with van der Waals surface area (Å²) in [4.78, 5) is 14.4. The van der Waals surface area contributed by atoms with Gasteiger partial charge in [0, 0.05) is 18.3 Å². The molecular formula is C15H23ClN2O. The van der Waals surface area contributed by atoms with E-state index in [-0.39, 0.29) is 18.3 Å². The topological polar surface area (TPSA) is 46.3 Å². The van der Waals surface area contributed by atoms with E-state index in [4.69, 9.17) is 5.73 Å². The Morgan fingerprint density at radius 3 is 2.37 bits per heavy atom. The largest absolute Gasteiger partial charge is 0.399 e. The fourth-order valence-electron chi connectivity index (χ4n) is 2.77. The van der Waals surface area contributed by atoms with Crippen molar-refractivity contribution in [3.63, 3.8) is 0 Å². The highest BCUT2D eigenvalue weighted by Crippen LogP contribution is 2.24. The zero-order chi connectivity index (χ0) is 13.0. The Morgan fingerprint density at radius 1 is 1.26 bits per heavy atom. The van der Waals surface area contributed by atoms with Crippen LogP contribution in [0.3, 0.4) is 0 Å². The molecule has 19 heavy (non-hydrogen) atoms. The average molecular weight is 283 g/mol. The molecule has 0 radical (unpaired) electrons. The summed E-state index contributed by atoms with van der Waals surface area (Å²) in [6, 6.07) is 8.06. The number of nitrogen functional groups attached to an aromatic ring is 1. The summed E-state index contributed by atoms with van der Waals surface area (Å²) in [7, 11) is 0. The molecule has 4 heteroatoms. The third kappa shape index (κ3) is 4.13. The third-order valence-electron chi connectivity index (χ3n) is 3.76. The lowest BCUT2D eigenvalue weighted by Gasteiger charge is -2.27. The van der Waals surface area contributed by atoms with Gasteiger partial charge in [0.15, 0.2) is 0 Å². The minimum Gasteiger partial charge on any atom is -0.399 e. The first-order valence-electron chi connectivity index (χ1n) is 6.84. The second kappa shape index (κ2) is 7.39. The summed E-state index contributed by atoms with van der Waals surface area (Å²) in [5.41, 5.74) is 7.44. The Labute approximate surface area is 121 Å². The Hall–Kier alpha value is -1.22. The summed E-state index contributed by atoms with van der Waals surface area (Å²) in [5.74, 6) is 0.245. The van der Waals surface area contributed by atoms with Crippen LogP contribution in [0.25, 0.3) is 0 Å². The number of amides is 1. The van der Waals surface area contributed by atoms with Crippen LogP contribution >= 0.6 is 12.4 Å². The molecule has 106 valence electrons. The van der Waals surface area contributed by atoms with E-state index in [0.29, 0.717) is 12.5 Å². The van der Waals surface area contributed by atoms with E-state index in [0.717, 1.165) is 17.8 Å². The summed E-state index contributed by atoms with van der Waals surface area (Å²) >= 11 is 0. The maximum absolute atomic E-state index is 12.3. The first-order valence-corrected chi connectivity index (χ1v) is 6.84. The standard InChI is InChI=1S/C15H22N2O.ClH/c1-2-17(14-5-3-4-6-14)15(18)11-12-7-9-13(16)10-8-12;/h7-10,14H,2-6,11,16H2,1H3;1H. The van der Waals surface area contributed by atoms with E-state index in [1.165, 1.54) is 25.7 Å². The van der Waals surface area contributed by atoms with Crippen molar-refractivity contribution < 1.29 is 4.79 Å². The summed E-state index contributed by atoms with van der Waals surface area (Å²) < 4.78 is 0. The molecule has 0 bridgehead atoms. The van der Waals surface area contributed by atoms with Gasteiger partial charge in [-0.3, -0.25) is 4.79 Å². The van der Waals surface area contributed by atoms with Crippen LogP contribution in [0.5, 0.6) is 0 Å². The van der Waals surface area contributed by atoms with Gasteiger partial charge in [-0.2, -0.15) is 0 Å². The number of hydrogen-bond donors (Lipinski definition) is 1. The fourth-order valence-corrected chi connectivity index (χ4v) is 2.77. The van der Waals surface area contributed by atoms with Crippen molar-refractivity contribution in [3.8, 4) is 0 Å². The molecule has 0 unspecified atom stereocenters. The summed E-state index contributed by atoms with van der Waals surface area (Å²) in [5, 5.41) is 0. The van der Waals surface area contributed by atoms with Gasteiger partial charge in [0.1, 0.15) is 0 Å². The Morgan fingerprint density at radius 2 is 1.84 bits per heavy atom. The van der Waals surface area contributed by atoms with Crippen molar-refractivity contribution in [3.05, 3.63) is 29.8 Å². The monoisotopic (exact) mass is 282 g/mol. The van der Waals surface area contributed by atoms with E-state index in [1.54, 1.807) is 0 Å². The van der Waals surface area contributed by atoms with Crippen molar-refractivity contribution >= 4 is 24.0 Å². The van der Waals surface area contributed by atoms with Crippen LogP contribution in [0.1, 0.15) is 38.2 Å². The summed E-state index contributed by atoms with van der Waals surface area (Å²) in [6.07, 6.45) is 5.35. The van der Waals surface area contributed by atoms with E-state index in [1.807, 2.05) is 29.2 Å². The number of carbonyl (C=O) groups excluding carboxylic acids is 1. The molecule has 1 aliphatic carbocycles. The number of hydrogen-bond acceptors (Lipinski definition) is 2. The van der Waals surface area contributed by atoms with Crippen LogP contribution in [0.2, 0.25) is 0 Å². The highest BCUT2D eigenvalue weighted by atomic mass is 35.5. The van der Waals surface area contributed by atoms with Crippen molar-refractivity contribution in [2.75, 3.05) is 12.3 Å². The number of nitrogens with zero attached hydrogens (tertiary/aromatic N) is 1. The highest BCUT2D eigenvalue weighted by molar-refractivity contribution is 5.85. The number of carbonyl (C=O) groups is 1. The molecular weight excluding hydrogens is 260 g/mol. The second-order valence-electron chi connectivity index (χ2n) is 5.04. The third-order valence-corrected chi connectivity index (χ3v) is 3.76. The Bertz CT molecular complexity index is 399. The number of anilines is 1. The molecule has 0 spiro atoms. The molecule has 2 N–H and O–H groups in total. The summed E-state index contributed by atoms with van der Waals surface area (Å²) in [6.45, 7) is 2.89. The first kappa shape index (κ1) is 15.8. The molecule has 1 aromatic carbocycles. The molecule has 0 heterocycles. The molecule has 1 aromatic rings. The van der Waals surface area contributed by atoms with Gasteiger partial charge in [-0.25, -0.2) is 0 Å². The zero-order valence-electron chi connectivity index (χ0n) is 11.5. The van der Waals surface area contributed by atoms with Gasteiger partial charge in [0.05, 0.1) is 6.42 Å². The first-order chi connectivity index (χ1) is 8.70. The number of likely N-dealkylation sites (N-methyl/N-ethyl adjacent to an activating group) is 1. The van der Waals surface area contributed by atoms with E-state index < -0.39 is 0 Å². The predicted octanol–water partition coefficient (Wildman–Crippen LogP) is 3.02. The van der Waals surface area contributed by atoms with Crippen LogP contribution in [0.4, 0.5) is 5.69 Å². The minimum atomic E-state index is 0. The second-order valence-corrected chi connectivity index (χ2v) is 5.04. The normalized spacial score (nSPS) is 15.0. The van der Waals surface area contributed by atoms with E-state index >= 15 is 0 Å². The molecule has 0 atom stereocenters. The lowest BCUT2D eigenvalue weighted by molar-refractivity contribution is -0.132. The van der Waals surface area contributed by atoms with Crippen molar-refractivity contribution in [1.82, 2.24) is 4.90 Å². The van der Waals surface area contributed by atoms with Gasteiger partial charge in [0.25, 0.3) is 0 Å². The molecule has 0 saturated heterocycles. The van der Waals surface area contributed by atoms with Gasteiger partial charge in [-0.1, -0.05) is 25.0 Å². The quantitative estimate of drug-likeness (QED) is 0.863. The van der Waals surface area contributed by atoms with Crippen molar-refractivity contribution in [1.29, 1.82) is 0 Å². The number of rotatable bonds is 4. The molecule has 0 aromatic heterocycles. The van der Waals surface area contributed by atoms with Crippen LogP contribution < -0.4 is 5.73 Å². The molecule has 1 saturated carbocycles. The Balaban J connectivity index is 0.00000180. The molecule has 3 nitrogen and oxygen atoms in total. The van der Waals surface area contributed by atoms with Gasteiger partial charge < -0.3 is 10.6 Å². The van der Waals surface area contributed by atoms with Crippen molar-refractivity contribution in [2.24, 2.45) is 0 Å². The zero-order valence-corrected chi connectivity index (χ0v) is 12.3. The Kier molecular flexibility index (Phi) is 6.16.